The molecule has 72 heavy (non-hydrogen) atoms. The molecule has 6 atom stereocenters. The number of nitrogens with zero attached hydrogens (tertiary/aromatic N) is 6. The molecule has 0 spiro atoms. The Morgan fingerprint density at radius 2 is 0.903 bits per heavy atom. The first-order valence-electron chi connectivity index (χ1n) is 25.8. The predicted molar refractivity (Wildman–Crippen MR) is 298 cm³/mol. The van der Waals surface area contributed by atoms with E-state index in [2.05, 4.69) is 216 Å². The van der Waals surface area contributed by atoms with Crippen molar-refractivity contribution in [2.45, 2.75) is 63.3 Å². The quantitative estimate of drug-likeness (QED) is 0.177. The van der Waals surface area contributed by atoms with Gasteiger partial charge in [0.2, 0.25) is 0 Å². The Bertz CT molecular complexity index is 4320. The van der Waals surface area contributed by atoms with Crippen molar-refractivity contribution >= 4 is 76.8 Å². The first-order valence-corrected chi connectivity index (χ1v) is 25.8. The smallest absolute Gasteiger partial charge is 0.0645 e. The predicted octanol–water partition coefficient (Wildman–Crippen LogP) is 16.6. The highest BCUT2D eigenvalue weighted by molar-refractivity contribution is 6.18. The topological polar surface area (TPSA) is 43.8 Å². The summed E-state index contributed by atoms with van der Waals surface area (Å²) in [7, 11) is 0. The highest BCUT2D eigenvalue weighted by Gasteiger charge is 2.43. The van der Waals surface area contributed by atoms with Gasteiger partial charge in [0.15, 0.2) is 0 Å². The van der Waals surface area contributed by atoms with Crippen molar-refractivity contribution in [3.63, 3.8) is 0 Å². The number of allylic oxidation sites excluding steroid dienone is 2. The van der Waals surface area contributed by atoms with E-state index in [0.29, 0.717) is 5.92 Å². The molecule has 0 fully saturated rings. The van der Waals surface area contributed by atoms with E-state index in [1.165, 1.54) is 121 Å². The van der Waals surface area contributed by atoms with Gasteiger partial charge in [-0.1, -0.05) is 107 Å². The first-order chi connectivity index (χ1) is 35.4. The third-order valence-electron chi connectivity index (χ3n) is 17.7. The van der Waals surface area contributed by atoms with Gasteiger partial charge < -0.3 is 18.6 Å². The van der Waals surface area contributed by atoms with Crippen LogP contribution in [0, 0.1) is 0 Å². The number of anilines is 2. The van der Waals surface area contributed by atoms with Crippen LogP contribution in [0.15, 0.2) is 195 Å². The van der Waals surface area contributed by atoms with Gasteiger partial charge in [-0.05, 0) is 154 Å². The number of rotatable bonds is 4. The number of benzene rings is 7. The van der Waals surface area contributed by atoms with E-state index in [0.717, 1.165) is 11.4 Å². The van der Waals surface area contributed by atoms with Crippen molar-refractivity contribution in [2.75, 3.05) is 4.90 Å². The van der Waals surface area contributed by atoms with E-state index < -0.39 is 0 Å². The molecule has 0 saturated carbocycles. The fourth-order valence-electron chi connectivity index (χ4n) is 14.2. The van der Waals surface area contributed by atoms with Crippen LogP contribution in [0.4, 0.5) is 11.4 Å². The summed E-state index contributed by atoms with van der Waals surface area (Å²) in [6.07, 6.45) is 17.0. The lowest BCUT2D eigenvalue weighted by Gasteiger charge is -2.42. The average Bonchev–Trinajstić information content (AvgIpc) is 4.16. The van der Waals surface area contributed by atoms with E-state index >= 15 is 0 Å². The molecule has 6 heteroatoms. The maximum absolute atomic E-state index is 4.74. The molecule has 0 N–H and O–H groups in total. The number of aromatic nitrogens is 5. The van der Waals surface area contributed by atoms with Gasteiger partial charge in [-0.15, -0.1) is 0 Å². The lowest BCUT2D eigenvalue weighted by molar-refractivity contribution is 0.584. The van der Waals surface area contributed by atoms with Gasteiger partial charge in [0.05, 0.1) is 62.9 Å². The van der Waals surface area contributed by atoms with Crippen molar-refractivity contribution in [2.24, 2.45) is 0 Å². The van der Waals surface area contributed by atoms with Crippen LogP contribution < -0.4 is 4.90 Å². The summed E-state index contributed by atoms with van der Waals surface area (Å²) in [5, 5.41) is 7.71. The monoisotopic (exact) mass is 926 g/mol. The van der Waals surface area contributed by atoms with Crippen molar-refractivity contribution in [3.05, 3.63) is 223 Å². The lowest BCUT2D eigenvalue weighted by atomic mass is 9.62. The highest BCUT2D eigenvalue weighted by Crippen LogP contribution is 2.62. The minimum atomic E-state index is 0.186. The lowest BCUT2D eigenvalue weighted by Crippen LogP contribution is -2.28. The Hall–Kier alpha value is -8.48. The fraction of sp³-hybridized carbons (Fsp3) is 0.152. The molecule has 6 nitrogen and oxygen atoms in total. The van der Waals surface area contributed by atoms with Crippen molar-refractivity contribution in [1.82, 2.24) is 23.7 Å². The molecular weight excluding hydrogens is 877 g/mol. The summed E-state index contributed by atoms with van der Waals surface area (Å²) < 4.78 is 7.53. The van der Waals surface area contributed by atoms with Crippen molar-refractivity contribution in [1.29, 1.82) is 0 Å². The summed E-state index contributed by atoms with van der Waals surface area (Å²) in [6, 6.07) is 55.1. The van der Waals surface area contributed by atoms with Gasteiger partial charge in [-0.25, -0.2) is 0 Å². The molecule has 0 radical (unpaired) electrons. The Morgan fingerprint density at radius 3 is 1.49 bits per heavy atom. The molecule has 6 heterocycles. The van der Waals surface area contributed by atoms with Gasteiger partial charge in [0.25, 0.3) is 0 Å². The molecule has 5 aromatic heterocycles. The summed E-state index contributed by atoms with van der Waals surface area (Å²) in [4.78, 5) is 12.1. The molecule has 1 aliphatic heterocycles. The molecule has 16 rings (SSSR count). The average molecular weight is 927 g/mol. The van der Waals surface area contributed by atoms with Gasteiger partial charge in [0.1, 0.15) is 0 Å². The first kappa shape index (κ1) is 40.3. The SMILES string of the molecule is CC1c2cc3c4cc(N5c6ccccc6C6C=CC=CC65)ccc4n(-c4cccnc4)c3c3c2-c2c(cc4c5cc(-n6c7ccccc7c7ccccc76)ccc5n(-c5cccnc5)c4c2C(C)C3C)C1C. The molecule has 344 valence electrons. The maximum Gasteiger partial charge on any atom is 0.0645 e. The van der Waals surface area contributed by atoms with E-state index in [1.807, 2.05) is 24.8 Å². The molecular formula is C66H50N6. The second-order valence-electron chi connectivity index (χ2n) is 21.0. The molecule has 12 aromatic rings. The van der Waals surface area contributed by atoms with Crippen LogP contribution in [0.5, 0.6) is 0 Å². The molecule has 7 aromatic carbocycles. The molecule has 0 saturated heterocycles. The van der Waals surface area contributed by atoms with Crippen LogP contribution in [0.3, 0.4) is 0 Å². The second-order valence-corrected chi connectivity index (χ2v) is 21.0. The van der Waals surface area contributed by atoms with Gasteiger partial charge in [-0.2, -0.15) is 0 Å². The van der Waals surface area contributed by atoms with Crippen LogP contribution >= 0.6 is 0 Å². The standard InChI is InChI=1S/C66H50N6/c1-37-38(2)50-34-54-52-32-42(70-57-23-11-7-19-47(57)48-20-8-12-24-58(48)70)26-28-60(52)72(44-16-14-30-68-36-44)66(54)62-40(4)39(3)61-63(64(50)62)49(37)33-53-51-31-41(25-27-59(51)71(65(53)61)43-15-13-29-67-35-43)69-55-21-9-5-17-45(55)46-18-6-10-22-56(46)69/h5-40,45,55H,1-4H3. The van der Waals surface area contributed by atoms with Gasteiger partial charge >= 0.3 is 0 Å². The van der Waals surface area contributed by atoms with E-state index in [9.17, 15) is 0 Å². The zero-order valence-corrected chi connectivity index (χ0v) is 40.6. The molecule has 4 aliphatic rings. The van der Waals surface area contributed by atoms with Gasteiger partial charge in [-0.3, -0.25) is 9.97 Å². The fourth-order valence-corrected chi connectivity index (χ4v) is 14.2. The van der Waals surface area contributed by atoms with Crippen molar-refractivity contribution < 1.29 is 0 Å². The number of fused-ring (bicyclic) bond motifs is 14. The van der Waals surface area contributed by atoms with Crippen LogP contribution in [-0.4, -0.2) is 29.7 Å². The third-order valence-corrected chi connectivity index (χ3v) is 17.7. The van der Waals surface area contributed by atoms with Crippen LogP contribution in [0.2, 0.25) is 0 Å². The minimum absolute atomic E-state index is 0.186. The Labute approximate surface area is 417 Å². The molecule has 3 aliphatic carbocycles. The Kier molecular flexibility index (Phi) is 8.14. The summed E-state index contributed by atoms with van der Waals surface area (Å²) in [5.74, 6) is 1.26. The number of hydrogen-bond donors (Lipinski definition) is 0. The normalized spacial score (nSPS) is 20.6. The Morgan fingerprint density at radius 1 is 0.389 bits per heavy atom. The largest absolute Gasteiger partial charge is 0.333 e. The Balaban J connectivity index is 0.999. The summed E-state index contributed by atoms with van der Waals surface area (Å²) >= 11 is 0. The number of para-hydroxylation sites is 3. The molecule has 0 amide bonds. The van der Waals surface area contributed by atoms with Gasteiger partial charge in [0, 0.05) is 67.7 Å². The van der Waals surface area contributed by atoms with Crippen molar-refractivity contribution in [3.8, 4) is 28.2 Å². The maximum atomic E-state index is 4.74. The highest BCUT2D eigenvalue weighted by atomic mass is 15.2. The van der Waals surface area contributed by atoms with E-state index in [-0.39, 0.29) is 29.7 Å². The zero-order valence-electron chi connectivity index (χ0n) is 40.6. The summed E-state index contributed by atoms with van der Waals surface area (Å²) in [6.45, 7) is 9.97. The van der Waals surface area contributed by atoms with Crippen LogP contribution in [0.1, 0.15) is 85.1 Å². The van der Waals surface area contributed by atoms with E-state index in [4.69, 9.17) is 9.97 Å². The summed E-state index contributed by atoms with van der Waals surface area (Å²) in [5.41, 5.74) is 23.3. The third kappa shape index (κ3) is 5.13. The number of hydrogen-bond acceptors (Lipinski definition) is 3. The zero-order chi connectivity index (χ0) is 47.7. The minimum Gasteiger partial charge on any atom is -0.333 e. The second kappa shape index (κ2) is 14.6. The molecule has 0 bridgehead atoms. The molecule has 6 unspecified atom stereocenters. The van der Waals surface area contributed by atoms with Crippen LogP contribution in [0.25, 0.3) is 93.6 Å². The van der Waals surface area contributed by atoms with E-state index in [1.54, 1.807) is 0 Å². The number of pyridine rings is 2. The van der Waals surface area contributed by atoms with Crippen LogP contribution in [-0.2, 0) is 0 Å².